The number of rotatable bonds is 2. The van der Waals surface area contributed by atoms with Crippen molar-refractivity contribution >= 4 is 23.8 Å². The first-order valence-electron chi connectivity index (χ1n) is 6.48. The molecular formula is C15H19N3OS. The summed E-state index contributed by atoms with van der Waals surface area (Å²) in [5.41, 5.74) is 2.77. The van der Waals surface area contributed by atoms with Gasteiger partial charge in [0.25, 0.3) is 0 Å². The Morgan fingerprint density at radius 3 is 2.65 bits per heavy atom. The first kappa shape index (κ1) is 14.5. The Bertz CT molecular complexity index is 692. The van der Waals surface area contributed by atoms with Crippen molar-refractivity contribution in [2.75, 3.05) is 5.32 Å². The molecule has 0 saturated carbocycles. The van der Waals surface area contributed by atoms with Gasteiger partial charge in [0.05, 0.1) is 5.69 Å². The van der Waals surface area contributed by atoms with E-state index in [4.69, 9.17) is 12.2 Å². The molecule has 0 atom stereocenters. The summed E-state index contributed by atoms with van der Waals surface area (Å²) in [5.74, 6) is -0.0872. The summed E-state index contributed by atoms with van der Waals surface area (Å²) < 4.78 is 2.65. The molecule has 1 amide bonds. The standard InChI is InChI=1S/C15H19N3OS/c1-10(19)17-11-6-5-7-12(8-11)18-13(15(2,3)4)9-16-14(18)20/h5-9H,1-4H3,(H,16,20)(H,17,19). The smallest absolute Gasteiger partial charge is 0.221 e. The number of amides is 1. The van der Waals surface area contributed by atoms with Crippen LogP contribution in [0.5, 0.6) is 0 Å². The summed E-state index contributed by atoms with van der Waals surface area (Å²) in [6, 6.07) is 7.66. The van der Waals surface area contributed by atoms with E-state index in [0.29, 0.717) is 4.77 Å². The van der Waals surface area contributed by atoms with Gasteiger partial charge in [0, 0.05) is 29.9 Å². The third kappa shape index (κ3) is 2.99. The van der Waals surface area contributed by atoms with Crippen LogP contribution >= 0.6 is 12.2 Å². The lowest BCUT2D eigenvalue weighted by atomic mass is 9.92. The summed E-state index contributed by atoms with van der Waals surface area (Å²) in [6.45, 7) is 7.91. The largest absolute Gasteiger partial charge is 0.337 e. The molecule has 106 valence electrons. The molecule has 1 aromatic carbocycles. The molecule has 0 aliphatic carbocycles. The van der Waals surface area contributed by atoms with E-state index in [2.05, 4.69) is 31.1 Å². The number of benzene rings is 1. The van der Waals surface area contributed by atoms with Crippen LogP contribution < -0.4 is 5.32 Å². The molecule has 2 rings (SSSR count). The molecule has 0 bridgehead atoms. The zero-order valence-electron chi connectivity index (χ0n) is 12.2. The predicted octanol–water partition coefficient (Wildman–Crippen LogP) is 3.79. The molecule has 0 fully saturated rings. The lowest BCUT2D eigenvalue weighted by molar-refractivity contribution is -0.114. The van der Waals surface area contributed by atoms with Crippen LogP contribution in [0.1, 0.15) is 33.4 Å². The molecule has 0 saturated heterocycles. The van der Waals surface area contributed by atoms with Gasteiger partial charge >= 0.3 is 0 Å². The van der Waals surface area contributed by atoms with Gasteiger partial charge in [0.2, 0.25) is 5.91 Å². The fourth-order valence-electron chi connectivity index (χ4n) is 2.10. The van der Waals surface area contributed by atoms with E-state index in [1.165, 1.54) is 6.92 Å². The number of hydrogen-bond acceptors (Lipinski definition) is 2. The minimum atomic E-state index is -0.0872. The number of imidazole rings is 1. The average molecular weight is 289 g/mol. The number of nitrogens with one attached hydrogen (secondary N) is 2. The van der Waals surface area contributed by atoms with Crippen LogP contribution in [0.3, 0.4) is 0 Å². The molecule has 0 spiro atoms. The molecule has 2 aromatic rings. The van der Waals surface area contributed by atoms with E-state index in [-0.39, 0.29) is 11.3 Å². The van der Waals surface area contributed by atoms with Crippen molar-refractivity contribution in [2.24, 2.45) is 0 Å². The maximum atomic E-state index is 11.2. The van der Waals surface area contributed by atoms with Crippen LogP contribution in [-0.4, -0.2) is 15.5 Å². The van der Waals surface area contributed by atoms with Crippen LogP contribution in [0.15, 0.2) is 30.5 Å². The maximum absolute atomic E-state index is 11.2. The highest BCUT2D eigenvalue weighted by molar-refractivity contribution is 7.71. The Labute approximate surface area is 123 Å². The van der Waals surface area contributed by atoms with Crippen molar-refractivity contribution in [3.8, 4) is 5.69 Å². The van der Waals surface area contributed by atoms with Crippen LogP contribution in [0.25, 0.3) is 5.69 Å². The second-order valence-corrected chi connectivity index (χ2v) is 6.18. The first-order valence-corrected chi connectivity index (χ1v) is 6.89. The fourth-order valence-corrected chi connectivity index (χ4v) is 2.37. The number of carbonyl (C=O) groups excluding carboxylic acids is 1. The van der Waals surface area contributed by atoms with Crippen molar-refractivity contribution < 1.29 is 4.79 Å². The molecule has 20 heavy (non-hydrogen) atoms. The Morgan fingerprint density at radius 1 is 1.35 bits per heavy atom. The number of nitrogens with zero attached hydrogens (tertiary/aromatic N) is 1. The van der Waals surface area contributed by atoms with Crippen LogP contribution in [0.2, 0.25) is 0 Å². The quantitative estimate of drug-likeness (QED) is 0.826. The Kier molecular flexibility index (Phi) is 3.81. The lowest BCUT2D eigenvalue weighted by Crippen LogP contribution is -2.17. The van der Waals surface area contributed by atoms with Gasteiger partial charge in [0.1, 0.15) is 0 Å². The van der Waals surface area contributed by atoms with Gasteiger partial charge in [-0.25, -0.2) is 0 Å². The highest BCUT2D eigenvalue weighted by Gasteiger charge is 2.20. The second kappa shape index (κ2) is 5.25. The SMILES string of the molecule is CC(=O)Nc1cccc(-n2c(C(C)(C)C)c[nH]c2=S)c1. The highest BCUT2D eigenvalue weighted by atomic mass is 32.1. The van der Waals surface area contributed by atoms with Crippen LogP contribution in [0.4, 0.5) is 5.69 Å². The molecule has 2 N–H and O–H groups in total. The van der Waals surface area contributed by atoms with Crippen molar-refractivity contribution in [2.45, 2.75) is 33.1 Å². The van der Waals surface area contributed by atoms with E-state index < -0.39 is 0 Å². The van der Waals surface area contributed by atoms with Gasteiger partial charge in [-0.1, -0.05) is 26.8 Å². The lowest BCUT2D eigenvalue weighted by Gasteiger charge is -2.21. The molecule has 0 radical (unpaired) electrons. The molecular weight excluding hydrogens is 270 g/mol. The van der Waals surface area contributed by atoms with Gasteiger partial charge in [-0.2, -0.15) is 0 Å². The number of anilines is 1. The number of H-pyrrole nitrogens is 1. The second-order valence-electron chi connectivity index (χ2n) is 5.80. The predicted molar refractivity (Wildman–Crippen MR) is 84.0 cm³/mol. The Morgan fingerprint density at radius 2 is 2.05 bits per heavy atom. The third-order valence-electron chi connectivity index (χ3n) is 2.97. The summed E-state index contributed by atoms with van der Waals surface area (Å²) >= 11 is 5.37. The van der Waals surface area contributed by atoms with Gasteiger partial charge in [-0.05, 0) is 30.4 Å². The van der Waals surface area contributed by atoms with Crippen molar-refractivity contribution in [3.63, 3.8) is 0 Å². The third-order valence-corrected chi connectivity index (χ3v) is 3.27. The number of hydrogen-bond donors (Lipinski definition) is 2. The fraction of sp³-hybridized carbons (Fsp3) is 0.333. The summed E-state index contributed by atoms with van der Waals surface area (Å²) in [6.07, 6.45) is 1.94. The minimum absolute atomic E-state index is 0.0302. The van der Waals surface area contributed by atoms with Gasteiger partial charge in [-0.3, -0.25) is 9.36 Å². The zero-order chi connectivity index (χ0) is 14.9. The Balaban J connectivity index is 2.55. The van der Waals surface area contributed by atoms with Gasteiger partial charge in [-0.15, -0.1) is 0 Å². The van der Waals surface area contributed by atoms with E-state index in [9.17, 15) is 4.79 Å². The van der Waals surface area contributed by atoms with Crippen molar-refractivity contribution in [3.05, 3.63) is 40.9 Å². The molecule has 4 nitrogen and oxygen atoms in total. The van der Waals surface area contributed by atoms with Crippen molar-refractivity contribution in [1.29, 1.82) is 0 Å². The van der Waals surface area contributed by atoms with Crippen LogP contribution in [-0.2, 0) is 10.2 Å². The van der Waals surface area contributed by atoms with Gasteiger partial charge < -0.3 is 10.3 Å². The normalized spacial score (nSPS) is 11.4. The van der Waals surface area contributed by atoms with E-state index in [1.54, 1.807) is 0 Å². The summed E-state index contributed by atoms with van der Waals surface area (Å²) in [7, 11) is 0. The van der Waals surface area contributed by atoms with E-state index >= 15 is 0 Å². The number of aromatic amines is 1. The molecule has 1 heterocycles. The van der Waals surface area contributed by atoms with Gasteiger partial charge in [0.15, 0.2) is 4.77 Å². The van der Waals surface area contributed by atoms with E-state index in [1.807, 2.05) is 35.0 Å². The van der Waals surface area contributed by atoms with Crippen LogP contribution in [0, 0.1) is 4.77 Å². The molecule has 5 heteroatoms. The monoisotopic (exact) mass is 289 g/mol. The topological polar surface area (TPSA) is 49.8 Å². The summed E-state index contributed by atoms with van der Waals surface area (Å²) in [4.78, 5) is 14.3. The minimum Gasteiger partial charge on any atom is -0.337 e. The molecule has 0 aliphatic heterocycles. The molecule has 1 aromatic heterocycles. The number of carbonyl (C=O) groups is 1. The zero-order valence-corrected chi connectivity index (χ0v) is 13.0. The summed E-state index contributed by atoms with van der Waals surface area (Å²) in [5, 5.41) is 2.79. The Hall–Kier alpha value is -1.88. The molecule has 0 unspecified atom stereocenters. The number of aromatic nitrogens is 2. The maximum Gasteiger partial charge on any atom is 0.221 e. The average Bonchev–Trinajstić information content (AvgIpc) is 2.70. The van der Waals surface area contributed by atoms with Crippen molar-refractivity contribution in [1.82, 2.24) is 9.55 Å². The first-order chi connectivity index (χ1) is 9.29. The molecule has 0 aliphatic rings. The highest BCUT2D eigenvalue weighted by Crippen LogP contribution is 2.26. The van der Waals surface area contributed by atoms with E-state index in [0.717, 1.165) is 17.1 Å².